The lowest BCUT2D eigenvalue weighted by atomic mass is 10.1. The van der Waals surface area contributed by atoms with Crippen LogP contribution < -0.4 is 0 Å². The minimum atomic E-state index is -0.167. The van der Waals surface area contributed by atoms with Gasteiger partial charge in [-0.15, -0.1) is 0 Å². The zero-order chi connectivity index (χ0) is 14.5. The standard InChI is InChI=1S/C17H21NO2/c1-3-18(12-14-6-7-14)17(20)16-10-13(2)9-15(11-16)5-4-8-19/h9-11,14,19H,3,6-8,12H2,1-2H3. The Bertz CT molecular complexity index is 550. The zero-order valence-electron chi connectivity index (χ0n) is 12.1. The highest BCUT2D eigenvalue weighted by Gasteiger charge is 2.26. The highest BCUT2D eigenvalue weighted by Crippen LogP contribution is 2.30. The van der Waals surface area contributed by atoms with Gasteiger partial charge in [-0.05, 0) is 56.4 Å². The molecule has 106 valence electrons. The lowest BCUT2D eigenvalue weighted by molar-refractivity contribution is 0.0757. The Morgan fingerprint density at radius 1 is 1.40 bits per heavy atom. The SMILES string of the molecule is CCN(CC1CC1)C(=O)c1cc(C)cc(C#CCO)c1. The maximum atomic E-state index is 12.5. The van der Waals surface area contributed by atoms with Crippen LogP contribution in [0.5, 0.6) is 0 Å². The first-order valence-electron chi connectivity index (χ1n) is 7.14. The second-order valence-corrected chi connectivity index (χ2v) is 5.33. The van der Waals surface area contributed by atoms with Crippen LogP contribution in [0.4, 0.5) is 0 Å². The van der Waals surface area contributed by atoms with Gasteiger partial charge in [0.2, 0.25) is 0 Å². The molecule has 1 aliphatic carbocycles. The molecule has 2 rings (SSSR count). The fraction of sp³-hybridized carbons (Fsp3) is 0.471. The molecule has 1 aliphatic rings. The fourth-order valence-electron chi connectivity index (χ4n) is 2.27. The molecule has 1 fully saturated rings. The van der Waals surface area contributed by atoms with Crippen molar-refractivity contribution in [2.75, 3.05) is 19.7 Å². The second-order valence-electron chi connectivity index (χ2n) is 5.33. The molecule has 1 saturated carbocycles. The molecular weight excluding hydrogens is 250 g/mol. The Morgan fingerprint density at radius 3 is 2.75 bits per heavy atom. The third-order valence-electron chi connectivity index (χ3n) is 3.48. The summed E-state index contributed by atoms with van der Waals surface area (Å²) in [4.78, 5) is 14.5. The molecule has 0 spiro atoms. The molecule has 3 heteroatoms. The summed E-state index contributed by atoms with van der Waals surface area (Å²) in [6.07, 6.45) is 2.48. The average Bonchev–Trinajstić information content (AvgIpc) is 3.25. The highest BCUT2D eigenvalue weighted by molar-refractivity contribution is 5.94. The predicted octanol–water partition coefficient (Wildman–Crippen LogP) is 2.21. The molecule has 0 aliphatic heterocycles. The summed E-state index contributed by atoms with van der Waals surface area (Å²) in [5.41, 5.74) is 2.49. The largest absolute Gasteiger partial charge is 0.384 e. The monoisotopic (exact) mass is 271 g/mol. The number of rotatable bonds is 4. The van der Waals surface area contributed by atoms with Gasteiger partial charge in [0, 0.05) is 24.2 Å². The van der Waals surface area contributed by atoms with E-state index in [9.17, 15) is 4.79 Å². The summed E-state index contributed by atoms with van der Waals surface area (Å²) in [6, 6.07) is 5.65. The van der Waals surface area contributed by atoms with Crippen molar-refractivity contribution in [3.05, 3.63) is 34.9 Å². The molecule has 3 nitrogen and oxygen atoms in total. The Balaban J connectivity index is 2.20. The minimum Gasteiger partial charge on any atom is -0.384 e. The molecule has 0 bridgehead atoms. The Morgan fingerprint density at radius 2 is 2.15 bits per heavy atom. The van der Waals surface area contributed by atoms with Crippen molar-refractivity contribution in [1.29, 1.82) is 0 Å². The zero-order valence-corrected chi connectivity index (χ0v) is 12.1. The van der Waals surface area contributed by atoms with E-state index in [4.69, 9.17) is 5.11 Å². The number of amides is 1. The van der Waals surface area contributed by atoms with Crippen molar-refractivity contribution in [3.63, 3.8) is 0 Å². The molecule has 1 amide bonds. The number of carbonyl (C=O) groups excluding carboxylic acids is 1. The van der Waals surface area contributed by atoms with Gasteiger partial charge in [0.25, 0.3) is 5.91 Å². The highest BCUT2D eigenvalue weighted by atomic mass is 16.2. The fourth-order valence-corrected chi connectivity index (χ4v) is 2.27. The summed E-state index contributed by atoms with van der Waals surface area (Å²) < 4.78 is 0. The Hall–Kier alpha value is -1.79. The van der Waals surface area contributed by atoms with Crippen molar-refractivity contribution in [3.8, 4) is 11.8 Å². The molecule has 1 aromatic carbocycles. The molecule has 0 atom stereocenters. The van der Waals surface area contributed by atoms with Crippen molar-refractivity contribution in [2.24, 2.45) is 5.92 Å². The van der Waals surface area contributed by atoms with E-state index in [1.807, 2.05) is 36.9 Å². The third-order valence-corrected chi connectivity index (χ3v) is 3.48. The molecule has 0 unspecified atom stereocenters. The van der Waals surface area contributed by atoms with Crippen LogP contribution in [0.2, 0.25) is 0 Å². The number of hydrogen-bond acceptors (Lipinski definition) is 2. The number of aliphatic hydroxyl groups excluding tert-OH is 1. The second kappa shape index (κ2) is 6.58. The van der Waals surface area contributed by atoms with Crippen molar-refractivity contribution >= 4 is 5.91 Å². The average molecular weight is 271 g/mol. The van der Waals surface area contributed by atoms with Crippen LogP contribution in [-0.2, 0) is 0 Å². The van der Waals surface area contributed by atoms with Gasteiger partial charge in [0.1, 0.15) is 6.61 Å². The first-order valence-corrected chi connectivity index (χ1v) is 7.14. The van der Waals surface area contributed by atoms with Crippen LogP contribution >= 0.6 is 0 Å². The summed E-state index contributed by atoms with van der Waals surface area (Å²) in [5.74, 6) is 6.26. The van der Waals surface area contributed by atoms with E-state index in [1.54, 1.807) is 0 Å². The summed E-state index contributed by atoms with van der Waals surface area (Å²) in [7, 11) is 0. The van der Waals surface area contributed by atoms with Crippen LogP contribution in [0, 0.1) is 24.7 Å². The van der Waals surface area contributed by atoms with Crippen LogP contribution in [0.25, 0.3) is 0 Å². The van der Waals surface area contributed by atoms with Gasteiger partial charge in [-0.2, -0.15) is 0 Å². The summed E-state index contributed by atoms with van der Waals surface area (Å²) in [5, 5.41) is 8.76. The quantitative estimate of drug-likeness (QED) is 0.853. The predicted molar refractivity (Wildman–Crippen MR) is 79.4 cm³/mol. The van der Waals surface area contributed by atoms with Crippen LogP contribution in [-0.4, -0.2) is 35.6 Å². The molecule has 1 N–H and O–H groups in total. The number of aliphatic hydroxyl groups is 1. The van der Waals surface area contributed by atoms with Crippen molar-refractivity contribution in [2.45, 2.75) is 26.7 Å². The molecule has 1 aromatic rings. The summed E-state index contributed by atoms with van der Waals surface area (Å²) >= 11 is 0. The first kappa shape index (κ1) is 14.6. The number of aryl methyl sites for hydroxylation is 1. The Kier molecular flexibility index (Phi) is 4.81. The normalized spacial score (nSPS) is 13.6. The maximum absolute atomic E-state index is 12.5. The lowest BCUT2D eigenvalue weighted by Gasteiger charge is -2.21. The number of hydrogen-bond donors (Lipinski definition) is 1. The third kappa shape index (κ3) is 3.85. The van der Waals surface area contributed by atoms with Gasteiger partial charge in [0.05, 0.1) is 0 Å². The molecule has 0 saturated heterocycles. The van der Waals surface area contributed by atoms with Crippen LogP contribution in [0.15, 0.2) is 18.2 Å². The van der Waals surface area contributed by atoms with Gasteiger partial charge in [0.15, 0.2) is 0 Å². The van der Waals surface area contributed by atoms with Crippen LogP contribution in [0.1, 0.15) is 41.3 Å². The van der Waals surface area contributed by atoms with Crippen molar-refractivity contribution in [1.82, 2.24) is 4.90 Å². The number of nitrogens with zero attached hydrogens (tertiary/aromatic N) is 1. The molecular formula is C17H21NO2. The van der Waals surface area contributed by atoms with E-state index < -0.39 is 0 Å². The van der Waals surface area contributed by atoms with Crippen molar-refractivity contribution < 1.29 is 9.90 Å². The molecule has 0 radical (unpaired) electrons. The van der Waals surface area contributed by atoms with E-state index in [0.29, 0.717) is 11.5 Å². The van der Waals surface area contributed by atoms with Gasteiger partial charge in [-0.1, -0.05) is 11.8 Å². The smallest absolute Gasteiger partial charge is 0.253 e. The Labute approximate surface area is 120 Å². The van der Waals surface area contributed by atoms with E-state index >= 15 is 0 Å². The van der Waals surface area contributed by atoms with Gasteiger partial charge in [-0.25, -0.2) is 0 Å². The number of carbonyl (C=O) groups is 1. The molecule has 20 heavy (non-hydrogen) atoms. The lowest BCUT2D eigenvalue weighted by Crippen LogP contribution is -2.32. The van der Waals surface area contributed by atoms with E-state index in [0.717, 1.165) is 24.2 Å². The van der Waals surface area contributed by atoms with Gasteiger partial charge < -0.3 is 10.0 Å². The van der Waals surface area contributed by atoms with E-state index in [2.05, 4.69) is 11.8 Å². The van der Waals surface area contributed by atoms with E-state index in [1.165, 1.54) is 12.8 Å². The van der Waals surface area contributed by atoms with Crippen LogP contribution in [0.3, 0.4) is 0 Å². The van der Waals surface area contributed by atoms with E-state index in [-0.39, 0.29) is 12.5 Å². The molecule has 0 heterocycles. The first-order chi connectivity index (χ1) is 9.63. The number of benzene rings is 1. The topological polar surface area (TPSA) is 40.5 Å². The summed E-state index contributed by atoms with van der Waals surface area (Å²) in [6.45, 7) is 5.41. The minimum absolute atomic E-state index is 0.0788. The maximum Gasteiger partial charge on any atom is 0.253 e. The van der Waals surface area contributed by atoms with Gasteiger partial charge >= 0.3 is 0 Å². The van der Waals surface area contributed by atoms with Gasteiger partial charge in [-0.3, -0.25) is 4.79 Å². The molecule has 0 aromatic heterocycles.